The Balaban J connectivity index is 2.14. The zero-order valence-electron chi connectivity index (χ0n) is 14.6. The lowest BCUT2D eigenvalue weighted by atomic mass is 10.2. The van der Waals surface area contributed by atoms with Gasteiger partial charge in [-0.25, -0.2) is 4.98 Å². The molecule has 1 aromatic heterocycles. The van der Waals surface area contributed by atoms with Crippen LogP contribution in [0.3, 0.4) is 0 Å². The van der Waals surface area contributed by atoms with Gasteiger partial charge in [0.2, 0.25) is 11.8 Å². The number of benzene rings is 1. The first-order chi connectivity index (χ1) is 11.5. The molecule has 1 aromatic carbocycles. The maximum Gasteiger partial charge on any atom is 0.240 e. The van der Waals surface area contributed by atoms with Crippen molar-refractivity contribution in [2.75, 3.05) is 13.1 Å². The van der Waals surface area contributed by atoms with Gasteiger partial charge in [-0.15, -0.1) is 0 Å². The van der Waals surface area contributed by atoms with Crippen LogP contribution >= 0.6 is 0 Å². The summed E-state index contributed by atoms with van der Waals surface area (Å²) in [6.45, 7) is 7.37. The fourth-order valence-electron chi connectivity index (χ4n) is 2.45. The van der Waals surface area contributed by atoms with Gasteiger partial charge in [-0.2, -0.15) is 0 Å². The van der Waals surface area contributed by atoms with Crippen molar-refractivity contribution in [1.82, 2.24) is 20.2 Å². The summed E-state index contributed by atoms with van der Waals surface area (Å²) in [6, 6.07) is 7.77. The molecule has 24 heavy (non-hydrogen) atoms. The molecule has 2 N–H and O–H groups in total. The number of carbonyl (C=O) groups excluding carboxylic acids is 2. The number of carbonyl (C=O) groups is 2. The van der Waals surface area contributed by atoms with Crippen LogP contribution in [0, 0.1) is 5.92 Å². The second-order valence-electron chi connectivity index (χ2n) is 6.25. The van der Waals surface area contributed by atoms with E-state index in [1.807, 2.05) is 35.8 Å². The van der Waals surface area contributed by atoms with Crippen molar-refractivity contribution < 1.29 is 9.59 Å². The monoisotopic (exact) mass is 330 g/mol. The summed E-state index contributed by atoms with van der Waals surface area (Å²) < 4.78 is 1.93. The van der Waals surface area contributed by atoms with Gasteiger partial charge < -0.3 is 15.2 Å². The van der Waals surface area contributed by atoms with E-state index in [2.05, 4.69) is 29.5 Å². The molecule has 6 nitrogen and oxygen atoms in total. The number of nitrogens with zero attached hydrogens (tertiary/aromatic N) is 2. The van der Waals surface area contributed by atoms with Crippen LogP contribution in [-0.2, 0) is 22.6 Å². The minimum Gasteiger partial charge on any atom is -0.356 e. The summed E-state index contributed by atoms with van der Waals surface area (Å²) in [4.78, 5) is 28.2. The topological polar surface area (TPSA) is 76.0 Å². The van der Waals surface area contributed by atoms with Crippen LogP contribution in [0.2, 0.25) is 0 Å². The Kier molecular flexibility index (Phi) is 6.35. The summed E-state index contributed by atoms with van der Waals surface area (Å²) in [6.07, 6.45) is 1.06. The van der Waals surface area contributed by atoms with E-state index in [0.717, 1.165) is 16.9 Å². The lowest BCUT2D eigenvalue weighted by Gasteiger charge is -2.11. The number of para-hydroxylation sites is 2. The number of imidazole rings is 1. The van der Waals surface area contributed by atoms with Gasteiger partial charge in [0.25, 0.3) is 0 Å². The smallest absolute Gasteiger partial charge is 0.240 e. The molecule has 2 aromatic rings. The molecule has 1 heterocycles. The molecule has 130 valence electrons. The predicted molar refractivity (Wildman–Crippen MR) is 94.6 cm³/mol. The third-order valence-electron chi connectivity index (χ3n) is 3.73. The van der Waals surface area contributed by atoms with E-state index < -0.39 is 0 Å². The molecule has 0 aliphatic rings. The summed E-state index contributed by atoms with van der Waals surface area (Å²) in [7, 11) is 0. The maximum absolute atomic E-state index is 12.2. The Morgan fingerprint density at radius 3 is 2.62 bits per heavy atom. The summed E-state index contributed by atoms with van der Waals surface area (Å²) >= 11 is 0. The maximum atomic E-state index is 12.2. The molecule has 0 atom stereocenters. The van der Waals surface area contributed by atoms with Crippen molar-refractivity contribution in [3.05, 3.63) is 30.1 Å². The number of rotatable bonds is 8. The third-order valence-corrected chi connectivity index (χ3v) is 3.73. The first-order valence-corrected chi connectivity index (χ1v) is 8.48. The fourth-order valence-corrected chi connectivity index (χ4v) is 2.45. The molecule has 0 aliphatic carbocycles. The second-order valence-corrected chi connectivity index (χ2v) is 6.25. The first-order valence-electron chi connectivity index (χ1n) is 8.48. The van der Waals surface area contributed by atoms with Gasteiger partial charge in [0.1, 0.15) is 12.4 Å². The molecule has 2 amide bonds. The second kappa shape index (κ2) is 8.47. The molecule has 0 aliphatic heterocycles. The van der Waals surface area contributed by atoms with Crippen molar-refractivity contribution in [3.63, 3.8) is 0 Å². The standard InChI is InChI=1S/C18H26N4O2/c1-4-17(23)19-10-9-16-21-14-7-5-6-8-15(14)22(16)12-18(24)20-11-13(2)3/h5-8,13H,4,9-12H2,1-3H3,(H,19,23)(H,20,24). The Morgan fingerprint density at radius 1 is 1.17 bits per heavy atom. The highest BCUT2D eigenvalue weighted by Gasteiger charge is 2.13. The highest BCUT2D eigenvalue weighted by Crippen LogP contribution is 2.16. The number of amides is 2. The molecule has 0 spiro atoms. The van der Waals surface area contributed by atoms with Crippen LogP contribution in [0.5, 0.6) is 0 Å². The van der Waals surface area contributed by atoms with Crippen LogP contribution < -0.4 is 10.6 Å². The molecule has 6 heteroatoms. The van der Waals surface area contributed by atoms with E-state index >= 15 is 0 Å². The summed E-state index contributed by atoms with van der Waals surface area (Å²) in [5.41, 5.74) is 1.81. The van der Waals surface area contributed by atoms with Crippen LogP contribution in [0.15, 0.2) is 24.3 Å². The van der Waals surface area contributed by atoms with E-state index in [9.17, 15) is 9.59 Å². The first kappa shape index (κ1) is 18.0. The zero-order valence-corrected chi connectivity index (χ0v) is 14.6. The lowest BCUT2D eigenvalue weighted by molar-refractivity contribution is -0.122. The van der Waals surface area contributed by atoms with Crippen molar-refractivity contribution >= 4 is 22.8 Å². The van der Waals surface area contributed by atoms with Crippen molar-refractivity contribution in [1.29, 1.82) is 0 Å². The molecule has 0 radical (unpaired) electrons. The third kappa shape index (κ3) is 4.81. The molecular formula is C18H26N4O2. The molecule has 2 rings (SSSR count). The van der Waals surface area contributed by atoms with Gasteiger partial charge in [0.05, 0.1) is 11.0 Å². The fraction of sp³-hybridized carbons (Fsp3) is 0.500. The molecule has 0 fully saturated rings. The Morgan fingerprint density at radius 2 is 1.92 bits per heavy atom. The average Bonchev–Trinajstić information content (AvgIpc) is 2.90. The van der Waals surface area contributed by atoms with Gasteiger partial charge in [-0.3, -0.25) is 9.59 Å². The summed E-state index contributed by atoms with van der Waals surface area (Å²) in [5.74, 6) is 1.22. The van der Waals surface area contributed by atoms with Crippen LogP contribution in [-0.4, -0.2) is 34.5 Å². The zero-order chi connectivity index (χ0) is 17.5. The largest absolute Gasteiger partial charge is 0.356 e. The highest BCUT2D eigenvalue weighted by atomic mass is 16.2. The van der Waals surface area contributed by atoms with E-state index in [0.29, 0.717) is 31.8 Å². The van der Waals surface area contributed by atoms with Crippen molar-refractivity contribution in [3.8, 4) is 0 Å². The molecule has 0 saturated carbocycles. The quantitative estimate of drug-likeness (QED) is 0.776. The van der Waals surface area contributed by atoms with Crippen LogP contribution in [0.1, 0.15) is 33.0 Å². The predicted octanol–water partition coefficient (Wildman–Crippen LogP) is 1.88. The Hall–Kier alpha value is -2.37. The number of hydrogen-bond donors (Lipinski definition) is 2. The lowest BCUT2D eigenvalue weighted by Crippen LogP contribution is -2.31. The minimum absolute atomic E-state index is 0.0207. The van der Waals surface area contributed by atoms with E-state index in [1.54, 1.807) is 0 Å². The van der Waals surface area contributed by atoms with E-state index in [1.165, 1.54) is 0 Å². The number of hydrogen-bond acceptors (Lipinski definition) is 3. The van der Waals surface area contributed by atoms with Crippen LogP contribution in [0.25, 0.3) is 11.0 Å². The van der Waals surface area contributed by atoms with Gasteiger partial charge in [-0.1, -0.05) is 32.9 Å². The van der Waals surface area contributed by atoms with Gasteiger partial charge in [-0.05, 0) is 18.1 Å². The SMILES string of the molecule is CCC(=O)NCCc1nc2ccccc2n1CC(=O)NCC(C)C. The Labute approximate surface area is 142 Å². The number of nitrogens with one attached hydrogen (secondary N) is 2. The molecular weight excluding hydrogens is 304 g/mol. The minimum atomic E-state index is -0.0225. The average molecular weight is 330 g/mol. The normalized spacial score (nSPS) is 11.0. The van der Waals surface area contributed by atoms with E-state index in [4.69, 9.17) is 0 Å². The van der Waals surface area contributed by atoms with E-state index in [-0.39, 0.29) is 18.4 Å². The summed E-state index contributed by atoms with van der Waals surface area (Å²) in [5, 5.41) is 5.79. The molecule has 0 saturated heterocycles. The van der Waals surface area contributed by atoms with Crippen LogP contribution in [0.4, 0.5) is 0 Å². The van der Waals surface area contributed by atoms with Crippen molar-refractivity contribution in [2.24, 2.45) is 5.92 Å². The number of aromatic nitrogens is 2. The Bertz CT molecular complexity index is 706. The van der Waals surface area contributed by atoms with Gasteiger partial charge in [0, 0.05) is 25.9 Å². The number of fused-ring (bicyclic) bond motifs is 1. The van der Waals surface area contributed by atoms with Gasteiger partial charge >= 0.3 is 0 Å². The molecule has 0 bridgehead atoms. The highest BCUT2D eigenvalue weighted by molar-refractivity contribution is 5.81. The van der Waals surface area contributed by atoms with Crippen molar-refractivity contribution in [2.45, 2.75) is 40.2 Å². The molecule has 0 unspecified atom stereocenters. The van der Waals surface area contributed by atoms with Gasteiger partial charge in [0.15, 0.2) is 0 Å².